The van der Waals surface area contributed by atoms with E-state index in [1.165, 1.54) is 52.1 Å². The molecule has 0 radical (unpaired) electrons. The van der Waals surface area contributed by atoms with E-state index < -0.39 is 6.09 Å². The molecule has 4 nitrogen and oxygen atoms in total. The highest BCUT2D eigenvalue weighted by Gasteiger charge is 2.11. The summed E-state index contributed by atoms with van der Waals surface area (Å²) < 4.78 is 4.60. The number of anilines is 2. The number of ether oxygens (including phenoxy) is 1. The molecule has 1 aliphatic rings. The second kappa shape index (κ2) is 7.78. The van der Waals surface area contributed by atoms with Crippen molar-refractivity contribution in [3.05, 3.63) is 24.3 Å². The standard InChI is InChI=1S/C16H24N2O2/c1-20-16(19)18-15-11-7-10-14(12-15)17-13-8-5-3-2-4-6-9-13/h7,10-13,17H,2-6,8-9H2,1H3,(H,18,19). The molecule has 1 aromatic carbocycles. The highest BCUT2D eigenvalue weighted by atomic mass is 16.5. The molecule has 0 saturated heterocycles. The van der Waals surface area contributed by atoms with Crippen LogP contribution >= 0.6 is 0 Å². The van der Waals surface area contributed by atoms with Gasteiger partial charge in [-0.1, -0.05) is 38.2 Å². The van der Waals surface area contributed by atoms with Gasteiger partial charge < -0.3 is 10.1 Å². The summed E-state index contributed by atoms with van der Waals surface area (Å²) in [6.07, 6.45) is 8.71. The summed E-state index contributed by atoms with van der Waals surface area (Å²) in [5, 5.41) is 6.28. The number of methoxy groups -OCH3 is 1. The van der Waals surface area contributed by atoms with Gasteiger partial charge in [-0.3, -0.25) is 5.32 Å². The molecule has 2 rings (SSSR count). The van der Waals surface area contributed by atoms with Gasteiger partial charge in [0.25, 0.3) is 0 Å². The average Bonchev–Trinajstić information content (AvgIpc) is 2.42. The zero-order valence-corrected chi connectivity index (χ0v) is 12.2. The van der Waals surface area contributed by atoms with Gasteiger partial charge >= 0.3 is 6.09 Å². The van der Waals surface area contributed by atoms with E-state index in [0.717, 1.165) is 11.4 Å². The van der Waals surface area contributed by atoms with Crippen LogP contribution in [0, 0.1) is 0 Å². The predicted octanol–water partition coefficient (Wildman–Crippen LogP) is 4.39. The van der Waals surface area contributed by atoms with Crippen LogP contribution in [0.5, 0.6) is 0 Å². The lowest BCUT2D eigenvalue weighted by atomic mass is 9.96. The first-order valence-corrected chi connectivity index (χ1v) is 7.49. The van der Waals surface area contributed by atoms with Crippen LogP contribution in [0.4, 0.5) is 16.2 Å². The van der Waals surface area contributed by atoms with Crippen LogP contribution in [0.1, 0.15) is 44.9 Å². The van der Waals surface area contributed by atoms with Crippen molar-refractivity contribution in [2.75, 3.05) is 17.7 Å². The molecule has 0 spiro atoms. The van der Waals surface area contributed by atoms with Crippen molar-refractivity contribution in [1.82, 2.24) is 0 Å². The third-order valence-corrected chi connectivity index (χ3v) is 3.77. The third-order valence-electron chi connectivity index (χ3n) is 3.77. The Hall–Kier alpha value is -1.71. The van der Waals surface area contributed by atoms with E-state index in [1.807, 2.05) is 24.3 Å². The lowest BCUT2D eigenvalue weighted by molar-refractivity contribution is 0.187. The minimum atomic E-state index is -0.437. The second-order valence-electron chi connectivity index (χ2n) is 5.38. The summed E-state index contributed by atoms with van der Waals surface area (Å²) in [5.74, 6) is 0. The summed E-state index contributed by atoms with van der Waals surface area (Å²) in [5.41, 5.74) is 1.82. The Labute approximate surface area is 120 Å². The Kier molecular flexibility index (Phi) is 5.71. The van der Waals surface area contributed by atoms with Crippen LogP contribution in [-0.4, -0.2) is 19.2 Å². The Morgan fingerprint density at radius 3 is 2.45 bits per heavy atom. The molecular weight excluding hydrogens is 252 g/mol. The van der Waals surface area contributed by atoms with Crippen LogP contribution in [-0.2, 0) is 4.74 Å². The van der Waals surface area contributed by atoms with Gasteiger partial charge in [-0.25, -0.2) is 4.79 Å². The van der Waals surface area contributed by atoms with Crippen LogP contribution in [0.3, 0.4) is 0 Å². The molecule has 4 heteroatoms. The summed E-state index contributed by atoms with van der Waals surface area (Å²) >= 11 is 0. The van der Waals surface area contributed by atoms with E-state index in [9.17, 15) is 4.79 Å². The first kappa shape index (κ1) is 14.7. The SMILES string of the molecule is COC(=O)Nc1cccc(NC2CCCCCCC2)c1. The fourth-order valence-electron chi connectivity index (χ4n) is 2.69. The minimum Gasteiger partial charge on any atom is -0.453 e. The molecule has 0 heterocycles. The molecule has 0 bridgehead atoms. The molecule has 2 N–H and O–H groups in total. The van der Waals surface area contributed by atoms with Crippen LogP contribution < -0.4 is 10.6 Å². The van der Waals surface area contributed by atoms with Crippen LogP contribution in [0.25, 0.3) is 0 Å². The summed E-state index contributed by atoms with van der Waals surface area (Å²) in [7, 11) is 1.37. The molecule has 110 valence electrons. The predicted molar refractivity (Wildman–Crippen MR) is 82.2 cm³/mol. The highest BCUT2D eigenvalue weighted by molar-refractivity contribution is 5.85. The Balaban J connectivity index is 1.94. The number of carbonyl (C=O) groups excluding carboxylic acids is 1. The molecular formula is C16H24N2O2. The van der Waals surface area contributed by atoms with Gasteiger partial charge in [-0.15, -0.1) is 0 Å². The average molecular weight is 276 g/mol. The molecule has 0 aromatic heterocycles. The van der Waals surface area contributed by atoms with E-state index in [4.69, 9.17) is 0 Å². The zero-order chi connectivity index (χ0) is 14.2. The molecule has 1 aliphatic carbocycles. The number of carbonyl (C=O) groups is 1. The highest BCUT2D eigenvalue weighted by Crippen LogP contribution is 2.22. The molecule has 1 saturated carbocycles. The molecule has 1 fully saturated rings. The van der Waals surface area contributed by atoms with E-state index in [1.54, 1.807) is 0 Å². The summed E-state index contributed by atoms with van der Waals surface area (Å²) in [6.45, 7) is 0. The van der Waals surface area contributed by atoms with Crippen molar-refractivity contribution in [1.29, 1.82) is 0 Å². The smallest absolute Gasteiger partial charge is 0.411 e. The fraction of sp³-hybridized carbons (Fsp3) is 0.562. The number of hydrogen-bond donors (Lipinski definition) is 2. The van der Waals surface area contributed by atoms with Crippen LogP contribution in [0.2, 0.25) is 0 Å². The van der Waals surface area contributed by atoms with Gasteiger partial charge in [0.2, 0.25) is 0 Å². The lowest BCUT2D eigenvalue weighted by Gasteiger charge is -2.22. The van der Waals surface area contributed by atoms with Gasteiger partial charge in [0.15, 0.2) is 0 Å². The van der Waals surface area contributed by atoms with Crippen molar-refractivity contribution in [3.8, 4) is 0 Å². The Morgan fingerprint density at radius 2 is 1.75 bits per heavy atom. The first-order chi connectivity index (χ1) is 9.78. The van der Waals surface area contributed by atoms with Crippen molar-refractivity contribution >= 4 is 17.5 Å². The number of rotatable bonds is 3. The van der Waals surface area contributed by atoms with E-state index in [-0.39, 0.29) is 0 Å². The van der Waals surface area contributed by atoms with E-state index in [0.29, 0.717) is 6.04 Å². The Bertz CT molecular complexity index is 426. The van der Waals surface area contributed by atoms with Crippen LogP contribution in [0.15, 0.2) is 24.3 Å². The molecule has 1 aromatic rings. The monoisotopic (exact) mass is 276 g/mol. The van der Waals surface area contributed by atoms with Gasteiger partial charge in [0.1, 0.15) is 0 Å². The quantitative estimate of drug-likeness (QED) is 0.860. The third kappa shape index (κ3) is 4.76. The normalized spacial score (nSPS) is 16.9. The lowest BCUT2D eigenvalue weighted by Crippen LogP contribution is -2.20. The van der Waals surface area contributed by atoms with Gasteiger partial charge in [-0.2, -0.15) is 0 Å². The molecule has 1 amide bonds. The molecule has 20 heavy (non-hydrogen) atoms. The Morgan fingerprint density at radius 1 is 1.10 bits per heavy atom. The van der Waals surface area contributed by atoms with E-state index in [2.05, 4.69) is 15.4 Å². The summed E-state index contributed by atoms with van der Waals surface area (Å²) in [6, 6.07) is 8.34. The minimum absolute atomic E-state index is 0.437. The van der Waals surface area contributed by atoms with Gasteiger partial charge in [-0.05, 0) is 31.0 Å². The second-order valence-corrected chi connectivity index (χ2v) is 5.38. The molecule has 0 aliphatic heterocycles. The maximum absolute atomic E-state index is 11.2. The fourth-order valence-corrected chi connectivity index (χ4v) is 2.69. The van der Waals surface area contributed by atoms with Gasteiger partial charge in [0, 0.05) is 17.4 Å². The molecule has 0 unspecified atom stereocenters. The number of nitrogens with one attached hydrogen (secondary N) is 2. The largest absolute Gasteiger partial charge is 0.453 e. The molecule has 0 atom stereocenters. The maximum Gasteiger partial charge on any atom is 0.411 e. The van der Waals surface area contributed by atoms with Crippen molar-refractivity contribution < 1.29 is 9.53 Å². The number of hydrogen-bond acceptors (Lipinski definition) is 3. The van der Waals surface area contributed by atoms with Crippen molar-refractivity contribution in [3.63, 3.8) is 0 Å². The number of amides is 1. The van der Waals surface area contributed by atoms with Gasteiger partial charge in [0.05, 0.1) is 7.11 Å². The first-order valence-electron chi connectivity index (χ1n) is 7.49. The topological polar surface area (TPSA) is 50.4 Å². The summed E-state index contributed by atoms with van der Waals surface area (Å²) in [4.78, 5) is 11.2. The van der Waals surface area contributed by atoms with Crippen molar-refractivity contribution in [2.24, 2.45) is 0 Å². The maximum atomic E-state index is 11.2. The number of benzene rings is 1. The zero-order valence-electron chi connectivity index (χ0n) is 12.2. The van der Waals surface area contributed by atoms with E-state index >= 15 is 0 Å². The van der Waals surface area contributed by atoms with Crippen molar-refractivity contribution in [2.45, 2.75) is 51.0 Å².